The number of hydrogen-bond donors (Lipinski definition) is 4. The van der Waals surface area contributed by atoms with Crippen molar-refractivity contribution in [1.82, 2.24) is 15.5 Å². The van der Waals surface area contributed by atoms with Gasteiger partial charge in [-0.3, -0.25) is 14.7 Å². The zero-order valence-corrected chi connectivity index (χ0v) is 15.0. The van der Waals surface area contributed by atoms with Crippen LogP contribution in [-0.4, -0.2) is 22.0 Å². The van der Waals surface area contributed by atoms with Crippen LogP contribution in [-0.2, 0) is 6.54 Å². The average molecular weight is 406 g/mol. The molecule has 7 nitrogen and oxygen atoms in total. The summed E-state index contributed by atoms with van der Waals surface area (Å²) in [5.74, 6) is -3.59. The van der Waals surface area contributed by atoms with Crippen LogP contribution in [0.2, 0.25) is 5.02 Å². The predicted octanol–water partition coefficient (Wildman–Crippen LogP) is 3.11. The molecule has 0 aliphatic carbocycles. The van der Waals surface area contributed by atoms with Gasteiger partial charge in [0.2, 0.25) is 0 Å². The Morgan fingerprint density at radius 3 is 2.57 bits per heavy atom. The predicted molar refractivity (Wildman–Crippen MR) is 99.9 cm³/mol. The molecule has 0 radical (unpaired) electrons. The zero-order chi connectivity index (χ0) is 20.3. The van der Waals surface area contributed by atoms with Gasteiger partial charge in [0.1, 0.15) is 5.82 Å². The van der Waals surface area contributed by atoms with Crippen LogP contribution in [0.25, 0.3) is 0 Å². The van der Waals surface area contributed by atoms with E-state index in [4.69, 9.17) is 17.3 Å². The molecular formula is C18H14ClF2N5O2. The molecule has 2 amide bonds. The molecule has 3 aromatic rings. The Balaban J connectivity index is 1.65. The number of carbonyl (C=O) groups excluding carboxylic acids is 2. The summed E-state index contributed by atoms with van der Waals surface area (Å²) < 4.78 is 26.4. The molecule has 1 aromatic heterocycles. The lowest BCUT2D eigenvalue weighted by atomic mass is 10.2. The number of amides is 2. The van der Waals surface area contributed by atoms with Crippen molar-refractivity contribution in [3.05, 3.63) is 75.9 Å². The second kappa shape index (κ2) is 8.05. The van der Waals surface area contributed by atoms with Crippen molar-refractivity contribution in [2.75, 3.05) is 11.1 Å². The SMILES string of the molecule is Nc1ccccc1CNC(=O)c1cc(NC(=O)c2cc(F)c(F)cc2Cl)[nH]n1. The number of nitrogens with one attached hydrogen (secondary N) is 3. The molecule has 0 spiro atoms. The first-order chi connectivity index (χ1) is 13.3. The van der Waals surface area contributed by atoms with Crippen LogP contribution >= 0.6 is 11.6 Å². The number of rotatable bonds is 5. The summed E-state index contributed by atoms with van der Waals surface area (Å²) in [6.45, 7) is 0.199. The van der Waals surface area contributed by atoms with Crippen LogP contribution in [0.4, 0.5) is 20.3 Å². The summed E-state index contributed by atoms with van der Waals surface area (Å²) >= 11 is 5.76. The molecule has 0 atom stereocenters. The van der Waals surface area contributed by atoms with Crippen LogP contribution < -0.4 is 16.4 Å². The number of anilines is 2. The van der Waals surface area contributed by atoms with Gasteiger partial charge in [0.25, 0.3) is 11.8 Å². The van der Waals surface area contributed by atoms with Crippen LogP contribution in [0.1, 0.15) is 26.4 Å². The number of nitrogens with zero attached hydrogens (tertiary/aromatic N) is 1. The molecule has 0 fully saturated rings. The lowest BCUT2D eigenvalue weighted by Crippen LogP contribution is -2.23. The fraction of sp³-hybridized carbons (Fsp3) is 0.0556. The minimum absolute atomic E-state index is 0.0150. The van der Waals surface area contributed by atoms with Crippen molar-refractivity contribution in [2.45, 2.75) is 6.54 Å². The molecule has 0 saturated carbocycles. The number of para-hydroxylation sites is 1. The van der Waals surface area contributed by atoms with Gasteiger partial charge in [-0.15, -0.1) is 0 Å². The van der Waals surface area contributed by atoms with Gasteiger partial charge in [0.15, 0.2) is 17.3 Å². The third-order valence-corrected chi connectivity index (χ3v) is 4.12. The van der Waals surface area contributed by atoms with Crippen LogP contribution in [0.5, 0.6) is 0 Å². The van der Waals surface area contributed by atoms with Gasteiger partial charge in [0.05, 0.1) is 10.6 Å². The summed E-state index contributed by atoms with van der Waals surface area (Å²) in [6, 6.07) is 9.74. The van der Waals surface area contributed by atoms with Gasteiger partial charge in [-0.05, 0) is 23.8 Å². The zero-order valence-electron chi connectivity index (χ0n) is 14.2. The Hall–Kier alpha value is -3.46. The van der Waals surface area contributed by atoms with Crippen molar-refractivity contribution >= 4 is 34.9 Å². The van der Waals surface area contributed by atoms with Crippen molar-refractivity contribution in [3.63, 3.8) is 0 Å². The van der Waals surface area contributed by atoms with E-state index in [1.165, 1.54) is 6.07 Å². The highest BCUT2D eigenvalue weighted by atomic mass is 35.5. The largest absolute Gasteiger partial charge is 0.398 e. The Labute approximate surface area is 162 Å². The number of H-pyrrole nitrogens is 1. The standard InChI is InChI=1S/C18H14ClF2N5O2/c19-11-6-13(21)12(20)5-10(11)17(27)24-16-7-15(25-26-16)18(28)23-8-9-3-1-2-4-14(9)22/h1-7H,8,22H2,(H,23,28)(H2,24,25,26,27). The lowest BCUT2D eigenvalue weighted by molar-refractivity contribution is 0.0945. The van der Waals surface area contributed by atoms with E-state index in [1.807, 2.05) is 0 Å². The van der Waals surface area contributed by atoms with E-state index in [9.17, 15) is 18.4 Å². The topological polar surface area (TPSA) is 113 Å². The number of nitrogens with two attached hydrogens (primary N) is 1. The van der Waals surface area contributed by atoms with Crippen LogP contribution in [0, 0.1) is 11.6 Å². The first-order valence-electron chi connectivity index (χ1n) is 7.98. The van der Waals surface area contributed by atoms with Crippen molar-refractivity contribution in [2.24, 2.45) is 0 Å². The van der Waals surface area contributed by atoms with Crippen LogP contribution in [0.3, 0.4) is 0 Å². The third kappa shape index (κ3) is 4.26. The first kappa shape index (κ1) is 19.3. The Morgan fingerprint density at radius 2 is 1.82 bits per heavy atom. The summed E-state index contributed by atoms with van der Waals surface area (Å²) in [4.78, 5) is 24.4. The minimum atomic E-state index is -1.21. The Morgan fingerprint density at radius 1 is 1.11 bits per heavy atom. The van der Waals surface area contributed by atoms with Crippen molar-refractivity contribution < 1.29 is 18.4 Å². The smallest absolute Gasteiger partial charge is 0.272 e. The summed E-state index contributed by atoms with van der Waals surface area (Å²) in [6.07, 6.45) is 0. The molecule has 1 heterocycles. The van der Waals surface area contributed by atoms with E-state index in [0.717, 1.165) is 5.56 Å². The molecule has 144 valence electrons. The number of aromatic nitrogens is 2. The highest BCUT2D eigenvalue weighted by Gasteiger charge is 2.17. The van der Waals surface area contributed by atoms with Gasteiger partial charge < -0.3 is 16.4 Å². The molecule has 3 rings (SSSR count). The second-order valence-corrected chi connectivity index (χ2v) is 6.16. The number of hydrogen-bond acceptors (Lipinski definition) is 4. The number of nitrogen functional groups attached to an aromatic ring is 1. The maximum atomic E-state index is 13.3. The molecule has 10 heteroatoms. The van der Waals surface area contributed by atoms with Gasteiger partial charge in [-0.1, -0.05) is 29.8 Å². The highest BCUT2D eigenvalue weighted by Crippen LogP contribution is 2.21. The maximum Gasteiger partial charge on any atom is 0.272 e. The van der Waals surface area contributed by atoms with Gasteiger partial charge >= 0.3 is 0 Å². The Kier molecular flexibility index (Phi) is 5.55. The monoisotopic (exact) mass is 405 g/mol. The number of carbonyl (C=O) groups is 2. The summed E-state index contributed by atoms with van der Waals surface area (Å²) in [5.41, 5.74) is 6.85. The molecule has 0 aliphatic rings. The van der Waals surface area contributed by atoms with Crippen LogP contribution in [0.15, 0.2) is 42.5 Å². The average Bonchev–Trinajstić information content (AvgIpc) is 3.12. The molecular weight excluding hydrogens is 392 g/mol. The molecule has 0 bridgehead atoms. The first-order valence-corrected chi connectivity index (χ1v) is 8.36. The van der Waals surface area contributed by atoms with Gasteiger partial charge in [0, 0.05) is 18.3 Å². The number of halogens is 3. The fourth-order valence-corrected chi connectivity index (χ4v) is 2.59. The van der Waals surface area contributed by atoms with E-state index in [0.29, 0.717) is 17.8 Å². The molecule has 0 saturated heterocycles. The summed E-state index contributed by atoms with van der Waals surface area (Å²) in [7, 11) is 0. The maximum absolute atomic E-state index is 13.3. The molecule has 0 aliphatic heterocycles. The quantitative estimate of drug-likeness (QED) is 0.386. The lowest BCUT2D eigenvalue weighted by Gasteiger charge is -2.06. The normalized spacial score (nSPS) is 10.5. The fourth-order valence-electron chi connectivity index (χ4n) is 2.35. The number of benzene rings is 2. The molecule has 5 N–H and O–H groups in total. The van der Waals surface area contributed by atoms with Gasteiger partial charge in [-0.25, -0.2) is 8.78 Å². The molecule has 0 unspecified atom stereocenters. The third-order valence-electron chi connectivity index (χ3n) is 3.81. The van der Waals surface area contributed by atoms with E-state index in [1.54, 1.807) is 24.3 Å². The molecule has 28 heavy (non-hydrogen) atoms. The summed E-state index contributed by atoms with van der Waals surface area (Å²) in [5, 5.41) is 11.0. The minimum Gasteiger partial charge on any atom is -0.398 e. The molecule has 2 aromatic carbocycles. The van der Waals surface area contributed by atoms with E-state index < -0.39 is 23.4 Å². The van der Waals surface area contributed by atoms with E-state index in [-0.39, 0.29) is 28.6 Å². The van der Waals surface area contributed by atoms with Gasteiger partial charge in [-0.2, -0.15) is 5.10 Å². The number of aromatic amines is 1. The second-order valence-electron chi connectivity index (χ2n) is 5.75. The highest BCUT2D eigenvalue weighted by molar-refractivity contribution is 6.34. The van der Waals surface area contributed by atoms with Crippen molar-refractivity contribution in [1.29, 1.82) is 0 Å². The van der Waals surface area contributed by atoms with E-state index >= 15 is 0 Å². The van der Waals surface area contributed by atoms with E-state index in [2.05, 4.69) is 20.8 Å². The van der Waals surface area contributed by atoms with Crippen molar-refractivity contribution in [3.8, 4) is 0 Å². The Bertz CT molecular complexity index is 1050.